The molecule has 0 aliphatic carbocycles. The first-order valence-corrected chi connectivity index (χ1v) is 9.67. The fourth-order valence-electron chi connectivity index (χ4n) is 2.64. The predicted octanol–water partition coefficient (Wildman–Crippen LogP) is 3.77. The SMILES string of the molecule is CC1CCCN(C(=O)CSc2nnc(Nc3cccc(F)c3)s2)C1. The highest BCUT2D eigenvalue weighted by Crippen LogP contribution is 2.28. The molecule has 1 N–H and O–H groups in total. The van der Waals surface area contributed by atoms with Gasteiger partial charge in [0.2, 0.25) is 11.0 Å². The second-order valence-corrected chi connectivity index (χ2v) is 8.08. The van der Waals surface area contributed by atoms with Crippen molar-refractivity contribution in [3.05, 3.63) is 30.1 Å². The van der Waals surface area contributed by atoms with Crippen molar-refractivity contribution < 1.29 is 9.18 Å². The van der Waals surface area contributed by atoms with Crippen molar-refractivity contribution in [2.45, 2.75) is 24.1 Å². The van der Waals surface area contributed by atoms with E-state index in [1.807, 2.05) is 4.90 Å². The average Bonchev–Trinajstić information content (AvgIpc) is 3.00. The van der Waals surface area contributed by atoms with Gasteiger partial charge in [-0.3, -0.25) is 4.79 Å². The Balaban J connectivity index is 1.51. The molecule has 1 amide bonds. The Kier molecular flexibility index (Phi) is 5.68. The second-order valence-electron chi connectivity index (χ2n) is 5.88. The Labute approximate surface area is 148 Å². The molecule has 0 radical (unpaired) electrons. The Morgan fingerprint density at radius 2 is 2.38 bits per heavy atom. The number of likely N-dealkylation sites (tertiary alicyclic amines) is 1. The summed E-state index contributed by atoms with van der Waals surface area (Å²) in [5, 5.41) is 11.7. The third kappa shape index (κ3) is 4.67. The number of hydrogen-bond acceptors (Lipinski definition) is 6. The van der Waals surface area contributed by atoms with E-state index >= 15 is 0 Å². The van der Waals surface area contributed by atoms with E-state index in [4.69, 9.17) is 0 Å². The number of aromatic nitrogens is 2. The number of thioether (sulfide) groups is 1. The van der Waals surface area contributed by atoms with Gasteiger partial charge in [-0.1, -0.05) is 36.1 Å². The van der Waals surface area contributed by atoms with E-state index < -0.39 is 0 Å². The number of carbonyl (C=O) groups is 1. The molecule has 1 aromatic carbocycles. The second kappa shape index (κ2) is 7.94. The minimum Gasteiger partial charge on any atom is -0.342 e. The normalized spacial score (nSPS) is 17.8. The van der Waals surface area contributed by atoms with Crippen molar-refractivity contribution in [2.75, 3.05) is 24.2 Å². The lowest BCUT2D eigenvalue weighted by atomic mass is 10.0. The van der Waals surface area contributed by atoms with E-state index in [0.29, 0.717) is 22.5 Å². The van der Waals surface area contributed by atoms with Gasteiger partial charge in [0.15, 0.2) is 4.34 Å². The van der Waals surface area contributed by atoms with Crippen LogP contribution in [0, 0.1) is 11.7 Å². The molecule has 5 nitrogen and oxygen atoms in total. The monoisotopic (exact) mass is 366 g/mol. The van der Waals surface area contributed by atoms with Gasteiger partial charge in [0.05, 0.1) is 5.75 Å². The molecule has 1 aromatic heterocycles. The van der Waals surface area contributed by atoms with Crippen LogP contribution >= 0.6 is 23.1 Å². The molecule has 2 heterocycles. The highest BCUT2D eigenvalue weighted by Gasteiger charge is 2.21. The summed E-state index contributed by atoms with van der Waals surface area (Å²) in [4.78, 5) is 14.2. The van der Waals surface area contributed by atoms with Gasteiger partial charge in [-0.05, 0) is 37.0 Å². The topological polar surface area (TPSA) is 58.1 Å². The molecule has 1 saturated heterocycles. The first-order chi connectivity index (χ1) is 11.6. The minimum atomic E-state index is -0.305. The van der Waals surface area contributed by atoms with Crippen LogP contribution < -0.4 is 5.32 Å². The first-order valence-electron chi connectivity index (χ1n) is 7.87. The largest absolute Gasteiger partial charge is 0.342 e. The number of rotatable bonds is 5. The zero-order chi connectivity index (χ0) is 16.9. The van der Waals surface area contributed by atoms with Gasteiger partial charge in [0.1, 0.15) is 5.82 Å². The zero-order valence-electron chi connectivity index (χ0n) is 13.4. The number of anilines is 2. The predicted molar refractivity (Wildman–Crippen MR) is 95.3 cm³/mol. The van der Waals surface area contributed by atoms with Crippen LogP contribution in [-0.4, -0.2) is 39.8 Å². The maximum Gasteiger partial charge on any atom is 0.233 e. The number of piperidine rings is 1. The molecule has 1 aliphatic rings. The highest BCUT2D eigenvalue weighted by atomic mass is 32.2. The van der Waals surface area contributed by atoms with Crippen LogP contribution in [0.4, 0.5) is 15.2 Å². The van der Waals surface area contributed by atoms with Crippen molar-refractivity contribution >= 4 is 39.8 Å². The summed E-state index contributed by atoms with van der Waals surface area (Å²) in [5.74, 6) is 0.805. The number of amides is 1. The number of benzene rings is 1. The Hall–Kier alpha value is -1.67. The van der Waals surface area contributed by atoms with Crippen molar-refractivity contribution in [1.82, 2.24) is 15.1 Å². The van der Waals surface area contributed by atoms with Crippen LogP contribution in [0.1, 0.15) is 19.8 Å². The molecule has 1 unspecified atom stereocenters. The van der Waals surface area contributed by atoms with Crippen LogP contribution in [0.5, 0.6) is 0 Å². The number of halogens is 1. The van der Waals surface area contributed by atoms with Gasteiger partial charge in [0.25, 0.3) is 0 Å². The van der Waals surface area contributed by atoms with Gasteiger partial charge in [0, 0.05) is 18.8 Å². The lowest BCUT2D eigenvalue weighted by molar-refractivity contribution is -0.130. The number of nitrogens with zero attached hydrogens (tertiary/aromatic N) is 3. The standard InChI is InChI=1S/C16H19FN4OS2/c1-11-4-3-7-21(9-11)14(22)10-23-16-20-19-15(24-16)18-13-6-2-5-12(17)8-13/h2,5-6,8,11H,3-4,7,9-10H2,1H3,(H,18,19). The fourth-order valence-corrected chi connectivity index (χ4v) is 4.31. The lowest BCUT2D eigenvalue weighted by Crippen LogP contribution is -2.40. The lowest BCUT2D eigenvalue weighted by Gasteiger charge is -2.30. The molecule has 0 spiro atoms. The summed E-state index contributed by atoms with van der Waals surface area (Å²) in [6.07, 6.45) is 2.28. The minimum absolute atomic E-state index is 0.154. The van der Waals surface area contributed by atoms with E-state index in [1.165, 1.54) is 41.7 Å². The van der Waals surface area contributed by atoms with Crippen molar-refractivity contribution in [3.63, 3.8) is 0 Å². The Bertz CT molecular complexity index is 709. The molecule has 1 fully saturated rings. The molecule has 0 bridgehead atoms. The van der Waals surface area contributed by atoms with Gasteiger partial charge in [-0.15, -0.1) is 10.2 Å². The van der Waals surface area contributed by atoms with Gasteiger partial charge in [-0.25, -0.2) is 4.39 Å². The molecule has 1 aliphatic heterocycles. The fraction of sp³-hybridized carbons (Fsp3) is 0.438. The Morgan fingerprint density at radius 3 is 3.17 bits per heavy atom. The molecule has 3 rings (SSSR count). The van der Waals surface area contributed by atoms with Crippen LogP contribution in [0.3, 0.4) is 0 Å². The van der Waals surface area contributed by atoms with E-state index in [9.17, 15) is 9.18 Å². The van der Waals surface area contributed by atoms with Crippen molar-refractivity contribution in [1.29, 1.82) is 0 Å². The van der Waals surface area contributed by atoms with E-state index in [-0.39, 0.29) is 11.7 Å². The van der Waals surface area contributed by atoms with E-state index in [2.05, 4.69) is 22.4 Å². The van der Waals surface area contributed by atoms with Crippen LogP contribution in [-0.2, 0) is 4.79 Å². The third-order valence-corrected chi connectivity index (χ3v) is 5.77. The number of carbonyl (C=O) groups excluding carboxylic acids is 1. The summed E-state index contributed by atoms with van der Waals surface area (Å²) < 4.78 is 13.9. The molecular formula is C16H19FN4OS2. The average molecular weight is 366 g/mol. The van der Waals surface area contributed by atoms with Crippen LogP contribution in [0.2, 0.25) is 0 Å². The first kappa shape index (κ1) is 17.2. The van der Waals surface area contributed by atoms with Crippen LogP contribution in [0.15, 0.2) is 28.6 Å². The van der Waals surface area contributed by atoms with Crippen LogP contribution in [0.25, 0.3) is 0 Å². The maximum absolute atomic E-state index is 13.2. The van der Waals surface area contributed by atoms with E-state index in [0.717, 1.165) is 23.8 Å². The van der Waals surface area contributed by atoms with Gasteiger partial charge >= 0.3 is 0 Å². The summed E-state index contributed by atoms with van der Waals surface area (Å²) in [7, 11) is 0. The van der Waals surface area contributed by atoms with Crippen molar-refractivity contribution in [2.24, 2.45) is 5.92 Å². The molecular weight excluding hydrogens is 347 g/mol. The van der Waals surface area contributed by atoms with Gasteiger partial charge in [-0.2, -0.15) is 0 Å². The molecule has 0 saturated carbocycles. The van der Waals surface area contributed by atoms with Gasteiger partial charge < -0.3 is 10.2 Å². The van der Waals surface area contributed by atoms with Crippen molar-refractivity contribution in [3.8, 4) is 0 Å². The summed E-state index contributed by atoms with van der Waals surface area (Å²) >= 11 is 2.76. The quantitative estimate of drug-likeness (QED) is 0.816. The molecule has 24 heavy (non-hydrogen) atoms. The maximum atomic E-state index is 13.2. The molecule has 8 heteroatoms. The smallest absolute Gasteiger partial charge is 0.233 e. The molecule has 1 atom stereocenters. The highest BCUT2D eigenvalue weighted by molar-refractivity contribution is 8.01. The summed E-state index contributed by atoms with van der Waals surface area (Å²) in [6.45, 7) is 3.88. The molecule has 128 valence electrons. The summed E-state index contributed by atoms with van der Waals surface area (Å²) in [5.41, 5.74) is 0.626. The number of nitrogens with one attached hydrogen (secondary N) is 1. The Morgan fingerprint density at radius 1 is 1.50 bits per heavy atom. The molecule has 2 aromatic rings. The van der Waals surface area contributed by atoms with E-state index in [1.54, 1.807) is 12.1 Å². The number of hydrogen-bond donors (Lipinski definition) is 1. The third-order valence-electron chi connectivity index (χ3n) is 3.81. The summed E-state index contributed by atoms with van der Waals surface area (Å²) in [6, 6.07) is 6.18. The zero-order valence-corrected chi connectivity index (χ0v) is 15.0.